The van der Waals surface area contributed by atoms with E-state index in [-0.39, 0.29) is 25.4 Å². The Morgan fingerprint density at radius 2 is 1.69 bits per heavy atom. The summed E-state index contributed by atoms with van der Waals surface area (Å²) in [6.07, 6.45) is 1.94. The Balaban J connectivity index is 2.36. The predicted octanol–water partition coefficient (Wildman–Crippen LogP) is -0.378. The second kappa shape index (κ2) is 11.6. The van der Waals surface area contributed by atoms with E-state index in [0.29, 0.717) is 19.3 Å². The third-order valence-electron chi connectivity index (χ3n) is 3.60. The Hall–Kier alpha value is -2.90. The van der Waals surface area contributed by atoms with Crippen LogP contribution in [-0.2, 0) is 25.6 Å². The highest BCUT2D eigenvalue weighted by molar-refractivity contribution is 5.91. The van der Waals surface area contributed by atoms with E-state index in [4.69, 9.17) is 5.73 Å². The summed E-state index contributed by atoms with van der Waals surface area (Å²) >= 11 is 0. The fourth-order valence-electron chi connectivity index (χ4n) is 2.27. The zero-order valence-electron chi connectivity index (χ0n) is 14.9. The molecule has 8 heteroatoms. The lowest BCUT2D eigenvalue weighted by Crippen LogP contribution is -2.50. The van der Waals surface area contributed by atoms with Crippen molar-refractivity contribution in [3.63, 3.8) is 0 Å². The summed E-state index contributed by atoms with van der Waals surface area (Å²) in [6.45, 7) is 1.37. The van der Waals surface area contributed by atoms with Crippen molar-refractivity contribution in [2.24, 2.45) is 5.73 Å². The van der Waals surface area contributed by atoms with Gasteiger partial charge >= 0.3 is 0 Å². The third kappa shape index (κ3) is 8.81. The van der Waals surface area contributed by atoms with Gasteiger partial charge in [0.2, 0.25) is 23.6 Å². The molecule has 0 aliphatic rings. The number of hydrogen-bond donors (Lipinski definition) is 4. The lowest BCUT2D eigenvalue weighted by atomic mass is 10.1. The summed E-state index contributed by atoms with van der Waals surface area (Å²) in [5.41, 5.74) is 6.02. The Morgan fingerprint density at radius 3 is 2.31 bits per heavy atom. The number of primary amides is 1. The highest BCUT2D eigenvalue weighted by atomic mass is 16.2. The second-order valence-electron chi connectivity index (χ2n) is 5.86. The molecule has 0 aliphatic carbocycles. The predicted molar refractivity (Wildman–Crippen MR) is 96.8 cm³/mol. The van der Waals surface area contributed by atoms with Gasteiger partial charge in [-0.1, -0.05) is 43.7 Å². The minimum Gasteiger partial charge on any atom is -0.368 e. The zero-order chi connectivity index (χ0) is 19.4. The molecule has 4 amide bonds. The summed E-state index contributed by atoms with van der Waals surface area (Å²) in [5.74, 6) is -1.85. The third-order valence-corrected chi connectivity index (χ3v) is 3.60. The van der Waals surface area contributed by atoms with Gasteiger partial charge in [-0.05, 0) is 18.4 Å². The molecular weight excluding hydrogens is 336 g/mol. The van der Waals surface area contributed by atoms with Crippen molar-refractivity contribution in [1.29, 1.82) is 0 Å². The standard InChI is InChI=1S/C18H26N4O4/c1-2-6-14(18(26)21-11-15(19)23)22-17(25)12-20-16(24)10-9-13-7-4-3-5-8-13/h3-5,7-8,14H,2,6,9-12H2,1H3,(H2,19,23)(H,20,24)(H,21,26)(H,22,25)/t14-/m0/s1. The van der Waals surface area contributed by atoms with Crippen molar-refractivity contribution in [2.45, 2.75) is 38.6 Å². The first-order valence-electron chi connectivity index (χ1n) is 8.58. The van der Waals surface area contributed by atoms with E-state index in [1.54, 1.807) is 0 Å². The summed E-state index contributed by atoms with van der Waals surface area (Å²) < 4.78 is 0. The molecule has 0 aromatic heterocycles. The number of nitrogens with two attached hydrogens (primary N) is 1. The number of rotatable bonds is 11. The maximum atomic E-state index is 12.0. The van der Waals surface area contributed by atoms with E-state index in [1.807, 2.05) is 37.3 Å². The smallest absolute Gasteiger partial charge is 0.243 e. The number of carbonyl (C=O) groups excluding carboxylic acids is 4. The lowest BCUT2D eigenvalue weighted by molar-refractivity contribution is -0.130. The number of carbonyl (C=O) groups is 4. The van der Waals surface area contributed by atoms with Gasteiger partial charge in [0, 0.05) is 6.42 Å². The van der Waals surface area contributed by atoms with Crippen LogP contribution >= 0.6 is 0 Å². The number of benzene rings is 1. The quantitative estimate of drug-likeness (QED) is 0.427. The van der Waals surface area contributed by atoms with Crippen molar-refractivity contribution in [3.05, 3.63) is 35.9 Å². The maximum absolute atomic E-state index is 12.0. The Bertz CT molecular complexity index is 619. The minimum absolute atomic E-state index is 0.211. The number of nitrogens with one attached hydrogen (secondary N) is 3. The fourth-order valence-corrected chi connectivity index (χ4v) is 2.27. The summed E-state index contributed by atoms with van der Waals surface area (Å²) in [5, 5.41) is 7.45. The molecule has 0 heterocycles. The first kappa shape index (κ1) is 21.1. The highest BCUT2D eigenvalue weighted by Crippen LogP contribution is 2.02. The molecule has 1 atom stereocenters. The van der Waals surface area contributed by atoms with Crippen LogP contribution in [0.25, 0.3) is 0 Å². The van der Waals surface area contributed by atoms with Crippen LogP contribution in [0.2, 0.25) is 0 Å². The molecule has 0 aliphatic heterocycles. The Labute approximate surface area is 152 Å². The van der Waals surface area contributed by atoms with Crippen molar-refractivity contribution in [1.82, 2.24) is 16.0 Å². The van der Waals surface area contributed by atoms with Crippen LogP contribution in [0.4, 0.5) is 0 Å². The van der Waals surface area contributed by atoms with Crippen LogP contribution < -0.4 is 21.7 Å². The Kier molecular flexibility index (Phi) is 9.45. The van der Waals surface area contributed by atoms with Crippen LogP contribution in [0.3, 0.4) is 0 Å². The molecular formula is C18H26N4O4. The molecule has 8 nitrogen and oxygen atoms in total. The van der Waals surface area contributed by atoms with Crippen molar-refractivity contribution in [2.75, 3.05) is 13.1 Å². The zero-order valence-corrected chi connectivity index (χ0v) is 14.9. The average molecular weight is 362 g/mol. The average Bonchev–Trinajstić information content (AvgIpc) is 2.63. The molecule has 0 fully saturated rings. The lowest BCUT2D eigenvalue weighted by Gasteiger charge is -2.17. The van der Waals surface area contributed by atoms with Crippen LogP contribution in [0.15, 0.2) is 30.3 Å². The van der Waals surface area contributed by atoms with Crippen molar-refractivity contribution >= 4 is 23.6 Å². The van der Waals surface area contributed by atoms with Gasteiger partial charge in [0.25, 0.3) is 0 Å². The normalized spacial score (nSPS) is 11.3. The fraction of sp³-hybridized carbons (Fsp3) is 0.444. The number of hydrogen-bond acceptors (Lipinski definition) is 4. The molecule has 0 saturated heterocycles. The number of amides is 4. The van der Waals surface area contributed by atoms with Crippen LogP contribution in [0, 0.1) is 0 Å². The van der Waals surface area contributed by atoms with E-state index in [0.717, 1.165) is 5.56 Å². The minimum atomic E-state index is -0.770. The van der Waals surface area contributed by atoms with Gasteiger partial charge in [-0.2, -0.15) is 0 Å². The van der Waals surface area contributed by atoms with Crippen LogP contribution in [0.5, 0.6) is 0 Å². The highest BCUT2D eigenvalue weighted by Gasteiger charge is 2.20. The van der Waals surface area contributed by atoms with Gasteiger partial charge in [0.1, 0.15) is 6.04 Å². The molecule has 1 aromatic carbocycles. The van der Waals surface area contributed by atoms with Gasteiger partial charge in [-0.3, -0.25) is 19.2 Å². The monoisotopic (exact) mass is 362 g/mol. The summed E-state index contributed by atoms with van der Waals surface area (Å²) in [6, 6.07) is 8.80. The van der Waals surface area contributed by atoms with Gasteiger partial charge in [-0.15, -0.1) is 0 Å². The van der Waals surface area contributed by atoms with Gasteiger partial charge < -0.3 is 21.7 Å². The van der Waals surface area contributed by atoms with Gasteiger partial charge in [-0.25, -0.2) is 0 Å². The summed E-state index contributed by atoms with van der Waals surface area (Å²) in [7, 11) is 0. The molecule has 0 radical (unpaired) electrons. The van der Waals surface area contributed by atoms with E-state index in [9.17, 15) is 19.2 Å². The molecule has 0 saturated carbocycles. The first-order chi connectivity index (χ1) is 12.4. The van der Waals surface area contributed by atoms with Crippen LogP contribution in [-0.4, -0.2) is 42.8 Å². The number of aryl methyl sites for hydroxylation is 1. The SMILES string of the molecule is CCC[C@H](NC(=O)CNC(=O)CCc1ccccc1)C(=O)NCC(N)=O. The van der Waals surface area contributed by atoms with E-state index < -0.39 is 23.8 Å². The van der Waals surface area contributed by atoms with E-state index in [2.05, 4.69) is 16.0 Å². The van der Waals surface area contributed by atoms with E-state index >= 15 is 0 Å². The van der Waals surface area contributed by atoms with Gasteiger partial charge in [0.05, 0.1) is 13.1 Å². The largest absolute Gasteiger partial charge is 0.368 e. The molecule has 26 heavy (non-hydrogen) atoms. The van der Waals surface area contributed by atoms with Gasteiger partial charge in [0.15, 0.2) is 0 Å². The topological polar surface area (TPSA) is 130 Å². The molecule has 0 unspecified atom stereocenters. The second-order valence-corrected chi connectivity index (χ2v) is 5.86. The van der Waals surface area contributed by atoms with E-state index in [1.165, 1.54) is 0 Å². The molecule has 5 N–H and O–H groups in total. The molecule has 1 aromatic rings. The molecule has 1 rings (SSSR count). The Morgan fingerprint density at radius 1 is 1.00 bits per heavy atom. The molecule has 142 valence electrons. The first-order valence-corrected chi connectivity index (χ1v) is 8.58. The van der Waals surface area contributed by atoms with Crippen molar-refractivity contribution in [3.8, 4) is 0 Å². The van der Waals surface area contributed by atoms with Crippen LogP contribution in [0.1, 0.15) is 31.7 Å². The molecule has 0 bridgehead atoms. The summed E-state index contributed by atoms with van der Waals surface area (Å²) in [4.78, 5) is 46.4. The maximum Gasteiger partial charge on any atom is 0.243 e. The van der Waals surface area contributed by atoms with Crippen molar-refractivity contribution < 1.29 is 19.2 Å². The molecule has 0 spiro atoms.